The lowest BCUT2D eigenvalue weighted by Gasteiger charge is -2.06. The Balaban J connectivity index is 2.60. The third kappa shape index (κ3) is 2.70. The first kappa shape index (κ1) is 12.6. The molecule has 17 heavy (non-hydrogen) atoms. The van der Waals surface area contributed by atoms with Gasteiger partial charge in [0.2, 0.25) is 0 Å². The number of thiophene rings is 1. The SMILES string of the molecule is O=C(O)c1ccc(CBr)cc1-c1csc(Cl)c1. The van der Waals surface area contributed by atoms with E-state index in [4.69, 9.17) is 16.7 Å². The molecule has 0 aliphatic heterocycles. The summed E-state index contributed by atoms with van der Waals surface area (Å²) in [5.41, 5.74) is 2.88. The van der Waals surface area contributed by atoms with Crippen LogP contribution in [0.4, 0.5) is 0 Å². The van der Waals surface area contributed by atoms with Gasteiger partial charge in [0.05, 0.1) is 9.90 Å². The van der Waals surface area contributed by atoms with Crippen molar-refractivity contribution in [1.29, 1.82) is 0 Å². The molecule has 2 aromatic rings. The predicted molar refractivity (Wildman–Crippen MR) is 74.4 cm³/mol. The van der Waals surface area contributed by atoms with Gasteiger partial charge in [-0.15, -0.1) is 11.3 Å². The molecule has 0 aliphatic carbocycles. The molecule has 1 heterocycles. The smallest absolute Gasteiger partial charge is 0.336 e. The summed E-state index contributed by atoms with van der Waals surface area (Å²) in [6.45, 7) is 0. The fourth-order valence-electron chi connectivity index (χ4n) is 1.55. The Kier molecular flexibility index (Phi) is 3.86. The van der Waals surface area contributed by atoms with Crippen LogP contribution in [0.2, 0.25) is 4.34 Å². The lowest BCUT2D eigenvalue weighted by atomic mass is 10.00. The van der Waals surface area contributed by atoms with Gasteiger partial charge in [-0.2, -0.15) is 0 Å². The third-order valence-electron chi connectivity index (χ3n) is 2.35. The molecular formula is C12H8BrClO2S. The summed E-state index contributed by atoms with van der Waals surface area (Å²) in [6.07, 6.45) is 0. The highest BCUT2D eigenvalue weighted by atomic mass is 79.9. The Labute approximate surface area is 116 Å². The van der Waals surface area contributed by atoms with E-state index in [0.717, 1.165) is 11.1 Å². The van der Waals surface area contributed by atoms with E-state index in [1.165, 1.54) is 11.3 Å². The van der Waals surface area contributed by atoms with Gasteiger partial charge in [0.1, 0.15) is 0 Å². The van der Waals surface area contributed by atoms with Crippen LogP contribution in [0.5, 0.6) is 0 Å². The van der Waals surface area contributed by atoms with Crippen LogP contribution in [0.25, 0.3) is 11.1 Å². The van der Waals surface area contributed by atoms with Crippen molar-refractivity contribution in [2.75, 3.05) is 0 Å². The first-order valence-corrected chi connectivity index (χ1v) is 7.16. The van der Waals surface area contributed by atoms with Gasteiger partial charge in [-0.1, -0.05) is 33.6 Å². The van der Waals surface area contributed by atoms with Gasteiger partial charge in [-0.25, -0.2) is 4.79 Å². The first-order chi connectivity index (χ1) is 8.11. The minimum atomic E-state index is -0.927. The number of carboxylic acid groups (broad SMARTS) is 1. The highest BCUT2D eigenvalue weighted by molar-refractivity contribution is 9.08. The highest BCUT2D eigenvalue weighted by Crippen LogP contribution is 2.32. The summed E-state index contributed by atoms with van der Waals surface area (Å²) < 4.78 is 0.653. The van der Waals surface area contributed by atoms with Crippen LogP contribution in [0.3, 0.4) is 0 Å². The van der Waals surface area contributed by atoms with E-state index in [9.17, 15) is 4.79 Å². The first-order valence-electron chi connectivity index (χ1n) is 4.78. The molecule has 0 unspecified atom stereocenters. The molecule has 1 aromatic carbocycles. The van der Waals surface area contributed by atoms with Crippen molar-refractivity contribution in [3.8, 4) is 11.1 Å². The molecule has 0 radical (unpaired) electrons. The Morgan fingerprint density at radius 2 is 2.18 bits per heavy atom. The second-order valence-corrected chi connectivity index (χ2v) is 5.56. The van der Waals surface area contributed by atoms with E-state index < -0.39 is 5.97 Å². The largest absolute Gasteiger partial charge is 0.478 e. The van der Waals surface area contributed by atoms with E-state index in [0.29, 0.717) is 20.8 Å². The molecule has 0 fully saturated rings. The van der Waals surface area contributed by atoms with Crippen LogP contribution in [-0.2, 0) is 5.33 Å². The van der Waals surface area contributed by atoms with Crippen molar-refractivity contribution >= 4 is 44.8 Å². The highest BCUT2D eigenvalue weighted by Gasteiger charge is 2.13. The van der Waals surface area contributed by atoms with Crippen LogP contribution in [0.1, 0.15) is 15.9 Å². The van der Waals surface area contributed by atoms with E-state index in [2.05, 4.69) is 15.9 Å². The zero-order chi connectivity index (χ0) is 12.4. The molecule has 0 saturated carbocycles. The molecule has 0 atom stereocenters. The fraction of sp³-hybridized carbons (Fsp3) is 0.0833. The van der Waals surface area contributed by atoms with Gasteiger partial charge in [-0.05, 0) is 34.9 Å². The van der Waals surface area contributed by atoms with Crippen LogP contribution < -0.4 is 0 Å². The molecule has 88 valence electrons. The summed E-state index contributed by atoms with van der Waals surface area (Å²) in [6, 6.07) is 7.08. The molecule has 0 spiro atoms. The number of hydrogen-bond acceptors (Lipinski definition) is 2. The maximum Gasteiger partial charge on any atom is 0.336 e. The second-order valence-electron chi connectivity index (χ2n) is 3.46. The predicted octanol–water partition coefficient (Wildman–Crippen LogP) is 4.66. The number of carbonyl (C=O) groups is 1. The number of benzene rings is 1. The van der Waals surface area contributed by atoms with Gasteiger partial charge < -0.3 is 5.11 Å². The fourth-order valence-corrected chi connectivity index (χ4v) is 2.78. The number of hydrogen-bond donors (Lipinski definition) is 1. The van der Waals surface area contributed by atoms with Crippen molar-refractivity contribution in [3.63, 3.8) is 0 Å². The Hall–Kier alpha value is -0.840. The third-order valence-corrected chi connectivity index (χ3v) is 4.09. The van der Waals surface area contributed by atoms with Crippen molar-refractivity contribution in [1.82, 2.24) is 0 Å². The van der Waals surface area contributed by atoms with Crippen LogP contribution >= 0.6 is 38.9 Å². The standard InChI is InChI=1S/C12H8BrClO2S/c13-5-7-1-2-9(12(15)16)10(3-7)8-4-11(14)17-6-8/h1-4,6H,5H2,(H,15,16). The molecule has 5 heteroatoms. The minimum Gasteiger partial charge on any atom is -0.478 e. The van der Waals surface area contributed by atoms with Gasteiger partial charge in [0.25, 0.3) is 0 Å². The number of aromatic carboxylic acids is 1. The van der Waals surface area contributed by atoms with Gasteiger partial charge in [0, 0.05) is 10.7 Å². The molecule has 1 aromatic heterocycles. The van der Waals surface area contributed by atoms with E-state index in [1.54, 1.807) is 18.2 Å². The van der Waals surface area contributed by atoms with Gasteiger partial charge >= 0.3 is 5.97 Å². The Morgan fingerprint density at radius 1 is 1.41 bits per heavy atom. The summed E-state index contributed by atoms with van der Waals surface area (Å²) in [4.78, 5) is 11.2. The second kappa shape index (κ2) is 5.21. The number of alkyl halides is 1. The average Bonchev–Trinajstić information content (AvgIpc) is 2.75. The maximum atomic E-state index is 11.2. The van der Waals surface area contributed by atoms with E-state index in [1.807, 2.05) is 11.4 Å². The minimum absolute atomic E-state index is 0.296. The molecule has 2 rings (SSSR count). The molecule has 0 saturated heterocycles. The monoisotopic (exact) mass is 330 g/mol. The summed E-state index contributed by atoms with van der Waals surface area (Å²) >= 11 is 10.6. The topological polar surface area (TPSA) is 37.3 Å². The van der Waals surface area contributed by atoms with Crippen molar-refractivity contribution in [2.45, 2.75) is 5.33 Å². The molecular weight excluding hydrogens is 324 g/mol. The Morgan fingerprint density at radius 3 is 2.71 bits per heavy atom. The van der Waals surface area contributed by atoms with Crippen molar-refractivity contribution in [2.24, 2.45) is 0 Å². The van der Waals surface area contributed by atoms with Crippen LogP contribution in [0.15, 0.2) is 29.6 Å². The molecule has 1 N–H and O–H groups in total. The van der Waals surface area contributed by atoms with Crippen LogP contribution in [-0.4, -0.2) is 11.1 Å². The lowest BCUT2D eigenvalue weighted by Crippen LogP contribution is -1.99. The summed E-state index contributed by atoms with van der Waals surface area (Å²) in [7, 11) is 0. The van der Waals surface area contributed by atoms with Gasteiger partial charge in [-0.3, -0.25) is 0 Å². The van der Waals surface area contributed by atoms with E-state index >= 15 is 0 Å². The molecule has 0 bridgehead atoms. The molecule has 0 aliphatic rings. The summed E-state index contributed by atoms with van der Waals surface area (Å²) in [5.74, 6) is -0.927. The zero-order valence-corrected chi connectivity index (χ0v) is 11.8. The number of rotatable bonds is 3. The van der Waals surface area contributed by atoms with Crippen molar-refractivity contribution < 1.29 is 9.90 Å². The number of halogens is 2. The lowest BCUT2D eigenvalue weighted by molar-refractivity contribution is 0.0698. The number of carboxylic acids is 1. The normalized spacial score (nSPS) is 10.5. The van der Waals surface area contributed by atoms with Crippen LogP contribution in [0, 0.1) is 0 Å². The van der Waals surface area contributed by atoms with Gasteiger partial charge in [0.15, 0.2) is 0 Å². The maximum absolute atomic E-state index is 11.2. The quantitative estimate of drug-likeness (QED) is 0.830. The Bertz CT molecular complexity index is 565. The zero-order valence-electron chi connectivity index (χ0n) is 8.61. The average molecular weight is 332 g/mol. The molecule has 2 nitrogen and oxygen atoms in total. The summed E-state index contributed by atoms with van der Waals surface area (Å²) in [5, 5.41) is 11.7. The van der Waals surface area contributed by atoms with E-state index in [-0.39, 0.29) is 0 Å². The molecule has 0 amide bonds. The van der Waals surface area contributed by atoms with Crippen molar-refractivity contribution in [3.05, 3.63) is 45.1 Å².